The molecule has 1 amide bonds. The zero-order valence-electron chi connectivity index (χ0n) is 13.3. The standard InChI is InChI=1S/C17H19N5O/c1-10-7-13(21-20-10)9-16(23)18-12-5-6-15-14(8-12)19-17(22(15)2)11-3-4-11/h5-8,11H,3-4,9H2,1-2H3,(H,18,23)(H,20,21). The van der Waals surface area contributed by atoms with Crippen LogP contribution in [0.1, 0.15) is 36.0 Å². The van der Waals surface area contributed by atoms with Crippen LogP contribution in [0.15, 0.2) is 24.3 Å². The van der Waals surface area contributed by atoms with Gasteiger partial charge in [0.05, 0.1) is 23.1 Å². The number of aromatic amines is 1. The van der Waals surface area contributed by atoms with Crippen LogP contribution in [-0.4, -0.2) is 25.7 Å². The lowest BCUT2D eigenvalue weighted by Gasteiger charge is -2.04. The van der Waals surface area contributed by atoms with E-state index in [-0.39, 0.29) is 12.3 Å². The smallest absolute Gasteiger partial charge is 0.230 e. The molecule has 3 aromatic rings. The second-order valence-electron chi connectivity index (χ2n) is 6.27. The monoisotopic (exact) mass is 309 g/mol. The van der Waals surface area contributed by atoms with Crippen molar-refractivity contribution in [2.24, 2.45) is 7.05 Å². The highest BCUT2D eigenvalue weighted by Gasteiger charge is 2.28. The molecule has 2 heterocycles. The van der Waals surface area contributed by atoms with Gasteiger partial charge in [-0.1, -0.05) is 0 Å². The minimum atomic E-state index is -0.0748. The molecule has 1 aliphatic rings. The van der Waals surface area contributed by atoms with Gasteiger partial charge in [0.2, 0.25) is 5.91 Å². The molecule has 1 saturated carbocycles. The number of fused-ring (bicyclic) bond motifs is 1. The Morgan fingerprint density at radius 1 is 1.39 bits per heavy atom. The van der Waals surface area contributed by atoms with E-state index in [1.54, 1.807) is 0 Å². The molecular weight excluding hydrogens is 290 g/mol. The Morgan fingerprint density at radius 2 is 2.22 bits per heavy atom. The summed E-state index contributed by atoms with van der Waals surface area (Å²) in [4.78, 5) is 16.9. The zero-order chi connectivity index (χ0) is 16.0. The van der Waals surface area contributed by atoms with Gasteiger partial charge in [0.15, 0.2) is 0 Å². The number of hydrogen-bond donors (Lipinski definition) is 2. The van der Waals surface area contributed by atoms with E-state index in [4.69, 9.17) is 4.98 Å². The van der Waals surface area contributed by atoms with Gasteiger partial charge in [-0.15, -0.1) is 0 Å². The van der Waals surface area contributed by atoms with Gasteiger partial charge in [-0.05, 0) is 44.0 Å². The number of anilines is 1. The maximum atomic E-state index is 12.1. The van der Waals surface area contributed by atoms with Gasteiger partial charge < -0.3 is 9.88 Å². The molecule has 0 aliphatic heterocycles. The normalized spacial score (nSPS) is 14.3. The zero-order valence-corrected chi connectivity index (χ0v) is 13.3. The van der Waals surface area contributed by atoms with Crippen LogP contribution in [0, 0.1) is 6.92 Å². The molecule has 6 nitrogen and oxygen atoms in total. The molecule has 1 fully saturated rings. The van der Waals surface area contributed by atoms with Crippen LogP contribution >= 0.6 is 0 Å². The predicted molar refractivity (Wildman–Crippen MR) is 88.3 cm³/mol. The van der Waals surface area contributed by atoms with Gasteiger partial charge in [0.25, 0.3) is 0 Å². The summed E-state index contributed by atoms with van der Waals surface area (Å²) in [5.41, 5.74) is 4.51. The van der Waals surface area contributed by atoms with Crippen molar-refractivity contribution in [3.63, 3.8) is 0 Å². The number of hydrogen-bond acceptors (Lipinski definition) is 3. The number of aromatic nitrogens is 4. The number of benzene rings is 1. The van der Waals surface area contributed by atoms with Crippen LogP contribution in [0.25, 0.3) is 11.0 Å². The number of carbonyl (C=O) groups excluding carboxylic acids is 1. The van der Waals surface area contributed by atoms with Crippen LogP contribution < -0.4 is 5.32 Å². The third-order valence-corrected chi connectivity index (χ3v) is 4.24. The Labute approximate surface area is 133 Å². The predicted octanol–water partition coefficient (Wildman–Crippen LogP) is 2.66. The number of nitrogens with one attached hydrogen (secondary N) is 2. The lowest BCUT2D eigenvalue weighted by atomic mass is 10.2. The fourth-order valence-corrected chi connectivity index (χ4v) is 2.94. The highest BCUT2D eigenvalue weighted by Crippen LogP contribution is 2.40. The van der Waals surface area contributed by atoms with Gasteiger partial charge in [0, 0.05) is 24.3 Å². The molecule has 1 aliphatic carbocycles. The molecule has 118 valence electrons. The Hall–Kier alpha value is -2.63. The van der Waals surface area contributed by atoms with E-state index in [9.17, 15) is 4.79 Å². The number of rotatable bonds is 4. The number of aryl methyl sites for hydroxylation is 2. The summed E-state index contributed by atoms with van der Waals surface area (Å²) < 4.78 is 2.16. The maximum Gasteiger partial charge on any atom is 0.230 e. The Balaban J connectivity index is 1.53. The number of nitrogens with zero attached hydrogens (tertiary/aromatic N) is 3. The summed E-state index contributed by atoms with van der Waals surface area (Å²) in [6.07, 6.45) is 2.71. The minimum absolute atomic E-state index is 0.0748. The van der Waals surface area contributed by atoms with Crippen LogP contribution in [0.3, 0.4) is 0 Å². The molecule has 0 spiro atoms. The second kappa shape index (κ2) is 5.22. The molecule has 0 unspecified atom stereocenters. The van der Waals surface area contributed by atoms with Crippen molar-refractivity contribution < 1.29 is 4.79 Å². The fourth-order valence-electron chi connectivity index (χ4n) is 2.94. The van der Waals surface area contributed by atoms with E-state index >= 15 is 0 Å². The number of imidazole rings is 1. The first-order valence-corrected chi connectivity index (χ1v) is 7.87. The molecule has 2 N–H and O–H groups in total. The number of amides is 1. The van der Waals surface area contributed by atoms with Gasteiger partial charge >= 0.3 is 0 Å². The molecule has 0 bridgehead atoms. The molecule has 1 aromatic carbocycles. The summed E-state index contributed by atoms with van der Waals surface area (Å²) in [6.45, 7) is 1.92. The highest BCUT2D eigenvalue weighted by atomic mass is 16.1. The van der Waals surface area contributed by atoms with Gasteiger partial charge in [-0.25, -0.2) is 4.98 Å². The summed E-state index contributed by atoms with van der Waals surface area (Å²) in [5.74, 6) is 1.68. The van der Waals surface area contributed by atoms with E-state index in [0.29, 0.717) is 5.92 Å². The first-order chi connectivity index (χ1) is 11.1. The summed E-state index contributed by atoms with van der Waals surface area (Å²) in [5, 5.41) is 9.86. The van der Waals surface area contributed by atoms with Crippen molar-refractivity contribution in [1.82, 2.24) is 19.7 Å². The van der Waals surface area contributed by atoms with Crippen molar-refractivity contribution in [3.05, 3.63) is 41.5 Å². The summed E-state index contributed by atoms with van der Waals surface area (Å²) >= 11 is 0. The van der Waals surface area contributed by atoms with E-state index in [1.165, 1.54) is 12.8 Å². The Kier molecular flexibility index (Phi) is 3.18. The minimum Gasteiger partial charge on any atom is -0.331 e. The van der Waals surface area contributed by atoms with Crippen molar-refractivity contribution in [2.75, 3.05) is 5.32 Å². The third-order valence-electron chi connectivity index (χ3n) is 4.24. The topological polar surface area (TPSA) is 75.6 Å². The van der Waals surface area contributed by atoms with Crippen molar-refractivity contribution in [2.45, 2.75) is 32.1 Å². The maximum absolute atomic E-state index is 12.1. The lowest BCUT2D eigenvalue weighted by Crippen LogP contribution is -2.14. The van der Waals surface area contributed by atoms with E-state index in [1.807, 2.05) is 31.2 Å². The van der Waals surface area contributed by atoms with Crippen molar-refractivity contribution >= 4 is 22.6 Å². The molecule has 23 heavy (non-hydrogen) atoms. The fraction of sp³-hybridized carbons (Fsp3) is 0.353. The Morgan fingerprint density at radius 3 is 2.91 bits per heavy atom. The number of carbonyl (C=O) groups is 1. The molecular formula is C17H19N5O. The van der Waals surface area contributed by atoms with E-state index in [2.05, 4.69) is 27.1 Å². The quantitative estimate of drug-likeness (QED) is 0.778. The van der Waals surface area contributed by atoms with Crippen LogP contribution in [0.4, 0.5) is 5.69 Å². The van der Waals surface area contributed by atoms with Gasteiger partial charge in [-0.3, -0.25) is 9.89 Å². The van der Waals surface area contributed by atoms with Crippen molar-refractivity contribution in [3.8, 4) is 0 Å². The van der Waals surface area contributed by atoms with Crippen LogP contribution in [0.5, 0.6) is 0 Å². The van der Waals surface area contributed by atoms with Crippen molar-refractivity contribution in [1.29, 1.82) is 0 Å². The largest absolute Gasteiger partial charge is 0.331 e. The molecule has 0 atom stereocenters. The van der Waals surface area contributed by atoms with Gasteiger partial charge in [-0.2, -0.15) is 5.10 Å². The molecule has 0 saturated heterocycles. The summed E-state index contributed by atoms with van der Waals surface area (Å²) in [7, 11) is 2.06. The average molecular weight is 309 g/mol. The first kappa shape index (κ1) is 14.0. The summed E-state index contributed by atoms with van der Waals surface area (Å²) in [6, 6.07) is 7.76. The Bertz CT molecular complexity index is 888. The molecule has 0 radical (unpaired) electrons. The van der Waals surface area contributed by atoms with Crippen LogP contribution in [0.2, 0.25) is 0 Å². The lowest BCUT2D eigenvalue weighted by molar-refractivity contribution is -0.115. The SMILES string of the molecule is Cc1cc(CC(=O)Nc2ccc3c(c2)nc(C2CC2)n3C)n[nH]1. The average Bonchev–Trinajstić information content (AvgIpc) is 3.20. The first-order valence-electron chi connectivity index (χ1n) is 7.87. The van der Waals surface area contributed by atoms with E-state index < -0.39 is 0 Å². The molecule has 2 aromatic heterocycles. The molecule has 4 rings (SSSR count). The van der Waals surface area contributed by atoms with Crippen LogP contribution in [-0.2, 0) is 18.3 Å². The van der Waals surface area contributed by atoms with Gasteiger partial charge in [0.1, 0.15) is 5.82 Å². The highest BCUT2D eigenvalue weighted by molar-refractivity contribution is 5.94. The van der Waals surface area contributed by atoms with E-state index in [0.717, 1.165) is 33.9 Å². The third kappa shape index (κ3) is 2.72. The second-order valence-corrected chi connectivity index (χ2v) is 6.27. The number of H-pyrrole nitrogens is 1. The molecule has 6 heteroatoms.